The fraction of sp³-hybridized carbons (Fsp3) is 0.455. The van der Waals surface area contributed by atoms with Gasteiger partial charge in [-0.05, 0) is 24.7 Å². The summed E-state index contributed by atoms with van der Waals surface area (Å²) in [7, 11) is -2.66. The van der Waals surface area contributed by atoms with Gasteiger partial charge in [0.1, 0.15) is 0 Å². The Bertz CT molecular complexity index is 498. The van der Waals surface area contributed by atoms with Crippen molar-refractivity contribution in [3.8, 4) is 0 Å². The predicted molar refractivity (Wildman–Crippen MR) is 73.3 cm³/mol. The topological polar surface area (TPSA) is 75.3 Å². The number of nitrogens with one attached hydrogen (secondary N) is 2. The molecule has 0 radical (unpaired) electrons. The molecular formula is C11H18N2O3S2. The minimum Gasteiger partial charge on any atom is -0.316 e. The zero-order valence-electron chi connectivity index (χ0n) is 10.5. The molecule has 0 aliphatic rings. The van der Waals surface area contributed by atoms with Crippen LogP contribution in [0.1, 0.15) is 5.56 Å². The van der Waals surface area contributed by atoms with E-state index in [4.69, 9.17) is 0 Å². The summed E-state index contributed by atoms with van der Waals surface area (Å²) in [4.78, 5) is 0.226. The Morgan fingerprint density at radius 2 is 1.83 bits per heavy atom. The van der Waals surface area contributed by atoms with Gasteiger partial charge in [0.2, 0.25) is 10.0 Å². The molecule has 1 unspecified atom stereocenters. The van der Waals surface area contributed by atoms with Crippen LogP contribution in [0.15, 0.2) is 29.2 Å². The maximum absolute atomic E-state index is 11.9. The lowest BCUT2D eigenvalue weighted by atomic mass is 10.2. The summed E-state index contributed by atoms with van der Waals surface area (Å²) in [6.07, 6.45) is 1.54. The summed E-state index contributed by atoms with van der Waals surface area (Å²) in [6, 6.07) is 6.67. The highest BCUT2D eigenvalue weighted by molar-refractivity contribution is 7.89. The van der Waals surface area contributed by atoms with Crippen molar-refractivity contribution in [2.24, 2.45) is 0 Å². The average Bonchev–Trinajstić information content (AvgIpc) is 2.29. The van der Waals surface area contributed by atoms with E-state index in [0.29, 0.717) is 12.3 Å². The molecule has 0 aliphatic heterocycles. The lowest BCUT2D eigenvalue weighted by Crippen LogP contribution is -2.27. The zero-order chi connectivity index (χ0) is 13.6. The molecule has 1 atom stereocenters. The molecule has 7 heteroatoms. The van der Waals surface area contributed by atoms with Crippen molar-refractivity contribution in [1.82, 2.24) is 10.0 Å². The highest BCUT2D eigenvalue weighted by Crippen LogP contribution is 2.10. The lowest BCUT2D eigenvalue weighted by molar-refractivity contribution is 0.584. The first kappa shape index (κ1) is 15.3. The van der Waals surface area contributed by atoms with Crippen LogP contribution in [0.4, 0.5) is 0 Å². The molecule has 102 valence electrons. The van der Waals surface area contributed by atoms with Crippen molar-refractivity contribution in [3.63, 3.8) is 0 Å². The molecule has 2 N–H and O–H groups in total. The smallest absolute Gasteiger partial charge is 0.240 e. The van der Waals surface area contributed by atoms with Crippen LogP contribution in [0.3, 0.4) is 0 Å². The molecule has 0 spiro atoms. The number of rotatable bonds is 7. The van der Waals surface area contributed by atoms with Crippen LogP contribution in [0.2, 0.25) is 0 Å². The van der Waals surface area contributed by atoms with Crippen LogP contribution >= 0.6 is 0 Å². The fourth-order valence-electron chi connectivity index (χ4n) is 1.39. The third-order valence-electron chi connectivity index (χ3n) is 2.30. The molecule has 18 heavy (non-hydrogen) atoms. The summed E-state index contributed by atoms with van der Waals surface area (Å²) >= 11 is 0. The molecule has 0 fully saturated rings. The van der Waals surface area contributed by atoms with Gasteiger partial charge in [0, 0.05) is 35.9 Å². The van der Waals surface area contributed by atoms with Crippen LogP contribution in [-0.2, 0) is 27.4 Å². The molecule has 1 aromatic rings. The van der Waals surface area contributed by atoms with Gasteiger partial charge in [0.25, 0.3) is 0 Å². The van der Waals surface area contributed by atoms with Crippen LogP contribution in [0.25, 0.3) is 0 Å². The van der Waals surface area contributed by atoms with Gasteiger partial charge in [-0.15, -0.1) is 0 Å². The highest BCUT2D eigenvalue weighted by atomic mass is 32.2. The Morgan fingerprint density at radius 3 is 2.33 bits per heavy atom. The number of benzene rings is 1. The van der Waals surface area contributed by atoms with Crippen LogP contribution < -0.4 is 10.0 Å². The molecule has 0 aliphatic carbocycles. The first-order valence-corrected chi connectivity index (χ1v) is 8.70. The summed E-state index contributed by atoms with van der Waals surface area (Å²) in [5.41, 5.74) is 1.02. The summed E-state index contributed by atoms with van der Waals surface area (Å²) in [5.74, 6) is 0.317. The summed E-state index contributed by atoms with van der Waals surface area (Å²) in [6.45, 7) is 0.881. The monoisotopic (exact) mass is 290 g/mol. The Morgan fingerprint density at radius 1 is 1.22 bits per heavy atom. The highest BCUT2D eigenvalue weighted by Gasteiger charge is 2.12. The first-order valence-electron chi connectivity index (χ1n) is 5.49. The van der Waals surface area contributed by atoms with Gasteiger partial charge in [-0.25, -0.2) is 13.1 Å². The van der Waals surface area contributed by atoms with Crippen molar-refractivity contribution in [2.75, 3.05) is 25.6 Å². The Labute approximate surface area is 110 Å². The lowest BCUT2D eigenvalue weighted by Gasteiger charge is -2.07. The van der Waals surface area contributed by atoms with Gasteiger partial charge in [-0.2, -0.15) is 0 Å². The number of sulfonamides is 1. The van der Waals surface area contributed by atoms with Gasteiger partial charge >= 0.3 is 0 Å². The standard InChI is InChI=1S/C11H18N2O3S2/c1-12-9-10-3-5-11(6-4-10)18(15,16)13-7-8-17(2)14/h3-6,12-13H,7-9H2,1-2H3. The Kier molecular flexibility index (Phi) is 5.94. The SMILES string of the molecule is CNCc1ccc(S(=O)(=O)NCCS(C)=O)cc1. The third-order valence-corrected chi connectivity index (χ3v) is 4.55. The Hall–Kier alpha value is -0.760. The third kappa shape index (κ3) is 4.85. The predicted octanol–water partition coefficient (Wildman–Crippen LogP) is 0.0628. The van der Waals surface area contributed by atoms with Crippen molar-refractivity contribution in [3.05, 3.63) is 29.8 Å². The van der Waals surface area contributed by atoms with E-state index in [1.54, 1.807) is 30.5 Å². The van der Waals surface area contributed by atoms with E-state index in [1.807, 2.05) is 7.05 Å². The largest absolute Gasteiger partial charge is 0.316 e. The summed E-state index contributed by atoms with van der Waals surface area (Å²) in [5, 5.41) is 2.99. The van der Waals surface area contributed by atoms with Crippen molar-refractivity contribution in [1.29, 1.82) is 0 Å². The first-order chi connectivity index (χ1) is 8.45. The molecule has 0 saturated heterocycles. The molecule has 0 bridgehead atoms. The van der Waals surface area contributed by atoms with E-state index >= 15 is 0 Å². The van der Waals surface area contributed by atoms with Crippen molar-refractivity contribution >= 4 is 20.8 Å². The van der Waals surface area contributed by atoms with E-state index in [1.165, 1.54) is 0 Å². The van der Waals surface area contributed by atoms with Gasteiger partial charge in [-0.3, -0.25) is 4.21 Å². The number of hydrogen-bond acceptors (Lipinski definition) is 4. The van der Waals surface area contributed by atoms with Gasteiger partial charge in [-0.1, -0.05) is 12.1 Å². The zero-order valence-corrected chi connectivity index (χ0v) is 12.1. The minimum atomic E-state index is -3.49. The minimum absolute atomic E-state index is 0.184. The maximum atomic E-state index is 11.9. The van der Waals surface area contributed by atoms with Crippen molar-refractivity contribution < 1.29 is 12.6 Å². The molecule has 1 aromatic carbocycles. The Balaban J connectivity index is 2.69. The molecule has 0 saturated carbocycles. The maximum Gasteiger partial charge on any atom is 0.240 e. The van der Waals surface area contributed by atoms with E-state index in [2.05, 4.69) is 10.0 Å². The van der Waals surface area contributed by atoms with Crippen molar-refractivity contribution in [2.45, 2.75) is 11.4 Å². The molecule has 5 nitrogen and oxygen atoms in total. The van der Waals surface area contributed by atoms with E-state index in [0.717, 1.165) is 5.56 Å². The molecular weight excluding hydrogens is 272 g/mol. The van der Waals surface area contributed by atoms with Gasteiger partial charge < -0.3 is 5.32 Å². The van der Waals surface area contributed by atoms with Crippen LogP contribution in [-0.4, -0.2) is 38.2 Å². The molecule has 1 rings (SSSR count). The second-order valence-electron chi connectivity index (χ2n) is 3.85. The molecule has 0 aromatic heterocycles. The van der Waals surface area contributed by atoms with E-state index in [9.17, 15) is 12.6 Å². The quantitative estimate of drug-likeness (QED) is 0.745. The summed E-state index contributed by atoms with van der Waals surface area (Å²) < 4.78 is 37.0. The van der Waals surface area contributed by atoms with Gasteiger partial charge in [0.15, 0.2) is 0 Å². The van der Waals surface area contributed by atoms with Crippen LogP contribution in [0.5, 0.6) is 0 Å². The average molecular weight is 290 g/mol. The second kappa shape index (κ2) is 6.98. The second-order valence-corrected chi connectivity index (χ2v) is 7.17. The van der Waals surface area contributed by atoms with E-state index in [-0.39, 0.29) is 11.4 Å². The van der Waals surface area contributed by atoms with E-state index < -0.39 is 20.8 Å². The van der Waals surface area contributed by atoms with Crippen LogP contribution in [0, 0.1) is 0 Å². The van der Waals surface area contributed by atoms with Gasteiger partial charge in [0.05, 0.1) is 4.90 Å². The normalized spacial score (nSPS) is 13.4. The number of hydrogen-bond donors (Lipinski definition) is 2. The molecule has 0 amide bonds. The molecule has 0 heterocycles. The fourth-order valence-corrected chi connectivity index (χ4v) is 2.94.